The Morgan fingerprint density at radius 3 is 2.60 bits per heavy atom. The summed E-state index contributed by atoms with van der Waals surface area (Å²) in [7, 11) is 1.68. The molecule has 0 N–H and O–H groups in total. The third-order valence-corrected chi connectivity index (χ3v) is 3.67. The van der Waals surface area contributed by atoms with Crippen LogP contribution in [0.4, 0.5) is 4.39 Å². The highest BCUT2D eigenvalue weighted by Crippen LogP contribution is 2.31. The van der Waals surface area contributed by atoms with Gasteiger partial charge in [-0.05, 0) is 25.0 Å². The van der Waals surface area contributed by atoms with Gasteiger partial charge in [-0.3, -0.25) is 0 Å². The molecule has 0 fully saturated rings. The monoisotopic (exact) mass is 298 g/mol. The Kier molecular flexibility index (Phi) is 4.66. The highest BCUT2D eigenvalue weighted by Gasteiger charge is 2.24. The van der Waals surface area contributed by atoms with Crippen LogP contribution in [0.15, 0.2) is 18.2 Å². The smallest absolute Gasteiger partial charge is 0.128 e. The van der Waals surface area contributed by atoms with Crippen molar-refractivity contribution in [2.24, 2.45) is 5.92 Å². The highest BCUT2D eigenvalue weighted by molar-refractivity contribution is 6.20. The van der Waals surface area contributed by atoms with Crippen molar-refractivity contribution in [3.05, 3.63) is 29.8 Å². The lowest BCUT2D eigenvalue weighted by molar-refractivity contribution is 0.133. The van der Waals surface area contributed by atoms with Gasteiger partial charge in [0.15, 0.2) is 0 Å². The minimum absolute atomic E-state index is 0.117. The second-order valence-corrected chi connectivity index (χ2v) is 6.01. The summed E-state index contributed by atoms with van der Waals surface area (Å²) in [5.41, 5.74) is 1.53. The van der Waals surface area contributed by atoms with Gasteiger partial charge in [-0.15, -0.1) is 11.6 Å². The second-order valence-electron chi connectivity index (χ2n) is 5.36. The zero-order valence-electron chi connectivity index (χ0n) is 12.2. The maximum absolute atomic E-state index is 13.4. The van der Waals surface area contributed by atoms with Gasteiger partial charge in [-0.25, -0.2) is 9.37 Å². The lowest BCUT2D eigenvalue weighted by atomic mass is 10.0. The van der Waals surface area contributed by atoms with Crippen LogP contribution < -0.4 is 0 Å². The number of imidazole rings is 1. The first kappa shape index (κ1) is 15.3. The van der Waals surface area contributed by atoms with Gasteiger partial charge in [-0.1, -0.05) is 13.8 Å². The minimum Gasteiger partial charge on any atom is -0.383 e. The Labute approximate surface area is 123 Å². The number of methoxy groups -OCH3 is 1. The second kappa shape index (κ2) is 6.10. The summed E-state index contributed by atoms with van der Waals surface area (Å²) >= 11 is 6.25. The Balaban J connectivity index is 2.66. The van der Waals surface area contributed by atoms with Gasteiger partial charge >= 0.3 is 0 Å². The third kappa shape index (κ3) is 2.81. The fourth-order valence-corrected chi connectivity index (χ4v) is 2.61. The molecule has 1 aromatic carbocycles. The lowest BCUT2D eigenvalue weighted by Crippen LogP contribution is -2.22. The van der Waals surface area contributed by atoms with Crippen LogP contribution in [0.25, 0.3) is 11.0 Å². The first-order valence-corrected chi connectivity index (χ1v) is 7.19. The predicted octanol–water partition coefficient (Wildman–Crippen LogP) is 4.32. The summed E-state index contributed by atoms with van der Waals surface area (Å²) in [6.45, 7) is 6.69. The van der Waals surface area contributed by atoms with Crippen LogP contribution in [0.1, 0.15) is 38.0 Å². The Bertz CT molecular complexity index is 595. The van der Waals surface area contributed by atoms with Crippen LogP contribution in [0, 0.1) is 11.7 Å². The van der Waals surface area contributed by atoms with E-state index in [4.69, 9.17) is 16.3 Å². The molecule has 0 amide bonds. The van der Waals surface area contributed by atoms with Crippen molar-refractivity contribution in [2.75, 3.05) is 13.7 Å². The molecule has 110 valence electrons. The van der Waals surface area contributed by atoms with Gasteiger partial charge in [0.25, 0.3) is 0 Å². The van der Waals surface area contributed by atoms with E-state index in [0.717, 1.165) is 11.3 Å². The van der Waals surface area contributed by atoms with Gasteiger partial charge in [0.05, 0.1) is 29.1 Å². The number of fused-ring (bicyclic) bond motifs is 1. The molecule has 20 heavy (non-hydrogen) atoms. The van der Waals surface area contributed by atoms with Crippen molar-refractivity contribution in [3.63, 3.8) is 0 Å². The summed E-state index contributed by atoms with van der Waals surface area (Å²) in [4.78, 5) is 4.49. The van der Waals surface area contributed by atoms with Crippen molar-refractivity contribution in [1.29, 1.82) is 0 Å². The predicted molar refractivity (Wildman–Crippen MR) is 79.7 cm³/mol. The van der Waals surface area contributed by atoms with Crippen molar-refractivity contribution in [3.8, 4) is 0 Å². The summed E-state index contributed by atoms with van der Waals surface area (Å²) < 4.78 is 20.8. The van der Waals surface area contributed by atoms with Gasteiger partial charge < -0.3 is 9.30 Å². The summed E-state index contributed by atoms with van der Waals surface area (Å²) in [6.07, 6.45) is 0. The topological polar surface area (TPSA) is 27.1 Å². The van der Waals surface area contributed by atoms with E-state index in [1.165, 1.54) is 12.1 Å². The third-order valence-electron chi connectivity index (χ3n) is 3.47. The van der Waals surface area contributed by atoms with E-state index < -0.39 is 0 Å². The molecule has 1 aromatic heterocycles. The number of aromatic nitrogens is 2. The summed E-state index contributed by atoms with van der Waals surface area (Å²) in [5.74, 6) is 0.818. The van der Waals surface area contributed by atoms with E-state index in [1.54, 1.807) is 13.2 Å². The molecule has 0 saturated carbocycles. The number of alkyl halides is 1. The average Bonchev–Trinajstić information content (AvgIpc) is 2.73. The SMILES string of the molecule is COCC(C(C)C)n1c(C(C)Cl)nc2cc(F)ccc21. The number of hydrogen-bond donors (Lipinski definition) is 0. The highest BCUT2D eigenvalue weighted by atomic mass is 35.5. The van der Waals surface area contributed by atoms with Gasteiger partial charge in [-0.2, -0.15) is 0 Å². The standard InChI is InChI=1S/C15H20ClFN2O/c1-9(2)14(8-20-4)19-13-6-5-11(17)7-12(13)18-15(19)10(3)16/h5-7,9-10,14H,8H2,1-4H3. The molecule has 0 aliphatic carbocycles. The van der Waals surface area contributed by atoms with Crippen LogP contribution in [0.5, 0.6) is 0 Å². The Morgan fingerprint density at radius 1 is 1.35 bits per heavy atom. The first-order valence-electron chi connectivity index (χ1n) is 6.76. The molecule has 0 saturated heterocycles. The number of hydrogen-bond acceptors (Lipinski definition) is 2. The number of rotatable bonds is 5. The fourth-order valence-electron chi connectivity index (χ4n) is 2.46. The number of halogens is 2. The average molecular weight is 299 g/mol. The molecule has 3 nitrogen and oxygen atoms in total. The quantitative estimate of drug-likeness (QED) is 0.769. The Hall–Kier alpha value is -1.13. The molecule has 2 rings (SSSR count). The molecule has 2 unspecified atom stereocenters. The molecule has 0 aliphatic rings. The summed E-state index contributed by atoms with van der Waals surface area (Å²) in [6, 6.07) is 4.77. The van der Waals surface area contributed by atoms with Crippen LogP contribution >= 0.6 is 11.6 Å². The van der Waals surface area contributed by atoms with Gasteiger partial charge in [0.1, 0.15) is 11.6 Å². The molecular weight excluding hydrogens is 279 g/mol. The van der Waals surface area contributed by atoms with E-state index >= 15 is 0 Å². The van der Waals surface area contributed by atoms with E-state index in [1.807, 2.05) is 6.92 Å². The largest absolute Gasteiger partial charge is 0.383 e. The van der Waals surface area contributed by atoms with Crippen LogP contribution in [-0.4, -0.2) is 23.3 Å². The van der Waals surface area contributed by atoms with Crippen LogP contribution in [0.3, 0.4) is 0 Å². The van der Waals surface area contributed by atoms with Gasteiger partial charge in [0, 0.05) is 13.2 Å². The van der Waals surface area contributed by atoms with Crippen molar-refractivity contribution in [1.82, 2.24) is 9.55 Å². The molecule has 5 heteroatoms. The van der Waals surface area contributed by atoms with Crippen molar-refractivity contribution in [2.45, 2.75) is 32.2 Å². The maximum Gasteiger partial charge on any atom is 0.128 e. The number of nitrogens with zero attached hydrogens (tertiary/aromatic N) is 2. The molecular formula is C15H20ClFN2O. The number of benzene rings is 1. The molecule has 0 radical (unpaired) electrons. The molecule has 0 aliphatic heterocycles. The molecule has 0 bridgehead atoms. The molecule has 2 atom stereocenters. The molecule has 2 aromatic rings. The summed E-state index contributed by atoms with van der Waals surface area (Å²) in [5, 5.41) is -0.247. The van der Waals surface area contributed by atoms with E-state index in [0.29, 0.717) is 18.0 Å². The maximum atomic E-state index is 13.4. The van der Waals surface area contributed by atoms with E-state index in [2.05, 4.69) is 23.4 Å². The Morgan fingerprint density at radius 2 is 2.05 bits per heavy atom. The normalized spacial score (nSPS) is 14.9. The molecule has 0 spiro atoms. The minimum atomic E-state index is -0.288. The zero-order valence-corrected chi connectivity index (χ0v) is 13.0. The number of ether oxygens (including phenoxy) is 1. The van der Waals surface area contributed by atoms with E-state index in [9.17, 15) is 4.39 Å². The van der Waals surface area contributed by atoms with Crippen molar-refractivity contribution < 1.29 is 9.13 Å². The van der Waals surface area contributed by atoms with Crippen LogP contribution in [0.2, 0.25) is 0 Å². The van der Waals surface area contributed by atoms with Gasteiger partial charge in [0.2, 0.25) is 0 Å². The zero-order chi connectivity index (χ0) is 14.9. The van der Waals surface area contributed by atoms with E-state index in [-0.39, 0.29) is 17.2 Å². The lowest BCUT2D eigenvalue weighted by Gasteiger charge is -2.25. The van der Waals surface area contributed by atoms with Crippen LogP contribution in [-0.2, 0) is 4.74 Å². The van der Waals surface area contributed by atoms with Crippen molar-refractivity contribution >= 4 is 22.6 Å². The first-order chi connectivity index (χ1) is 9.45. The fraction of sp³-hybridized carbons (Fsp3) is 0.533. The molecule has 1 heterocycles.